The molecule has 1 unspecified atom stereocenters. The molecule has 0 aromatic heterocycles. The van der Waals surface area contributed by atoms with Gasteiger partial charge in [-0.25, -0.2) is 0 Å². The topological polar surface area (TPSA) is 12.0 Å². The van der Waals surface area contributed by atoms with Gasteiger partial charge in [0.15, 0.2) is 0 Å². The molecule has 108 valence electrons. The highest BCUT2D eigenvalue weighted by molar-refractivity contribution is 5.82. The molecule has 0 saturated carbocycles. The van der Waals surface area contributed by atoms with Gasteiger partial charge in [0, 0.05) is 6.04 Å². The molecule has 0 saturated heterocycles. The first-order valence-corrected chi connectivity index (χ1v) is 7.90. The predicted octanol–water partition coefficient (Wildman–Crippen LogP) is 4.80. The average molecular weight is 269 g/mol. The highest BCUT2D eigenvalue weighted by Crippen LogP contribution is 2.18. The smallest absolute Gasteiger partial charge is 0.0110 e. The minimum absolute atomic E-state index is 0.594. The Labute approximate surface area is 123 Å². The van der Waals surface area contributed by atoms with Gasteiger partial charge < -0.3 is 5.32 Å². The van der Waals surface area contributed by atoms with Gasteiger partial charge in [0.1, 0.15) is 0 Å². The van der Waals surface area contributed by atoms with E-state index in [1.54, 1.807) is 0 Å². The van der Waals surface area contributed by atoms with Crippen molar-refractivity contribution < 1.29 is 0 Å². The highest BCUT2D eigenvalue weighted by atomic mass is 14.9. The molecular formula is C19H27N. The van der Waals surface area contributed by atoms with Crippen LogP contribution in [0.3, 0.4) is 0 Å². The quantitative estimate of drug-likeness (QED) is 0.761. The average Bonchev–Trinajstić information content (AvgIpc) is 2.44. The summed E-state index contributed by atoms with van der Waals surface area (Å²) in [7, 11) is 0. The molecule has 2 aromatic rings. The Morgan fingerprint density at radius 3 is 2.45 bits per heavy atom. The normalized spacial score (nSPS) is 13.0. The first-order chi connectivity index (χ1) is 9.69. The summed E-state index contributed by atoms with van der Waals surface area (Å²) < 4.78 is 0. The molecule has 0 heterocycles. The second-order valence-corrected chi connectivity index (χ2v) is 6.17. The fourth-order valence-electron chi connectivity index (χ4n) is 2.81. The Balaban J connectivity index is 2.10. The second-order valence-electron chi connectivity index (χ2n) is 6.17. The first-order valence-electron chi connectivity index (χ1n) is 7.90. The molecule has 1 nitrogen and oxygen atoms in total. The van der Waals surface area contributed by atoms with E-state index in [2.05, 4.69) is 68.6 Å². The summed E-state index contributed by atoms with van der Waals surface area (Å²) in [6.07, 6.45) is 3.57. The monoisotopic (exact) mass is 269 g/mol. The van der Waals surface area contributed by atoms with Crippen molar-refractivity contribution in [3.63, 3.8) is 0 Å². The molecule has 1 heteroatoms. The molecule has 0 aliphatic rings. The number of nitrogens with one attached hydrogen (secondary N) is 1. The molecule has 0 bridgehead atoms. The molecule has 20 heavy (non-hydrogen) atoms. The van der Waals surface area contributed by atoms with E-state index in [0.29, 0.717) is 6.04 Å². The van der Waals surface area contributed by atoms with Gasteiger partial charge in [-0.1, -0.05) is 63.2 Å². The van der Waals surface area contributed by atoms with Crippen molar-refractivity contribution in [2.75, 3.05) is 6.54 Å². The van der Waals surface area contributed by atoms with Crippen molar-refractivity contribution in [3.05, 3.63) is 48.0 Å². The van der Waals surface area contributed by atoms with E-state index in [1.165, 1.54) is 29.2 Å². The summed E-state index contributed by atoms with van der Waals surface area (Å²) in [5.74, 6) is 0.741. The summed E-state index contributed by atoms with van der Waals surface area (Å²) in [5, 5.41) is 6.38. The number of hydrogen-bond acceptors (Lipinski definition) is 1. The van der Waals surface area contributed by atoms with Gasteiger partial charge in [0.05, 0.1) is 0 Å². The van der Waals surface area contributed by atoms with Crippen LogP contribution in [0.1, 0.15) is 39.2 Å². The molecule has 0 amide bonds. The molecule has 0 radical (unpaired) electrons. The first kappa shape index (κ1) is 15.1. The van der Waals surface area contributed by atoms with E-state index in [4.69, 9.17) is 0 Å². The van der Waals surface area contributed by atoms with E-state index in [-0.39, 0.29) is 0 Å². The minimum atomic E-state index is 0.594. The van der Waals surface area contributed by atoms with E-state index >= 15 is 0 Å². The minimum Gasteiger partial charge on any atom is -0.314 e. The van der Waals surface area contributed by atoms with Crippen molar-refractivity contribution in [1.29, 1.82) is 0 Å². The van der Waals surface area contributed by atoms with Crippen LogP contribution in [0.5, 0.6) is 0 Å². The lowest BCUT2D eigenvalue weighted by atomic mass is 9.96. The number of hydrogen-bond donors (Lipinski definition) is 1. The van der Waals surface area contributed by atoms with E-state index in [1.807, 2.05) is 0 Å². The molecule has 2 rings (SSSR count). The maximum Gasteiger partial charge on any atom is 0.0110 e. The molecule has 1 N–H and O–H groups in total. The third kappa shape index (κ3) is 4.35. The Kier molecular flexibility index (Phi) is 5.60. The van der Waals surface area contributed by atoms with Crippen molar-refractivity contribution in [1.82, 2.24) is 5.32 Å². The maximum atomic E-state index is 3.70. The Morgan fingerprint density at radius 1 is 1.00 bits per heavy atom. The highest BCUT2D eigenvalue weighted by Gasteiger charge is 2.11. The van der Waals surface area contributed by atoms with Crippen molar-refractivity contribution in [2.45, 2.75) is 46.1 Å². The van der Waals surface area contributed by atoms with Crippen LogP contribution in [0, 0.1) is 5.92 Å². The van der Waals surface area contributed by atoms with E-state index in [9.17, 15) is 0 Å². The van der Waals surface area contributed by atoms with Crippen LogP contribution in [-0.2, 0) is 6.42 Å². The van der Waals surface area contributed by atoms with Crippen LogP contribution in [0.15, 0.2) is 42.5 Å². The lowest BCUT2D eigenvalue weighted by Gasteiger charge is -2.21. The number of fused-ring (bicyclic) bond motifs is 1. The molecule has 0 fully saturated rings. The van der Waals surface area contributed by atoms with Gasteiger partial charge in [0.25, 0.3) is 0 Å². The molecule has 1 atom stereocenters. The fourth-order valence-corrected chi connectivity index (χ4v) is 2.81. The van der Waals surface area contributed by atoms with Crippen molar-refractivity contribution in [3.8, 4) is 0 Å². The summed E-state index contributed by atoms with van der Waals surface area (Å²) in [4.78, 5) is 0. The number of rotatable bonds is 7. The molecule has 0 spiro atoms. The van der Waals surface area contributed by atoms with Gasteiger partial charge in [-0.2, -0.15) is 0 Å². The predicted molar refractivity (Wildman–Crippen MR) is 89.2 cm³/mol. The third-order valence-electron chi connectivity index (χ3n) is 3.73. The Bertz CT molecular complexity index is 530. The molecule has 0 aliphatic carbocycles. The molecule has 0 aliphatic heterocycles. The van der Waals surface area contributed by atoms with Gasteiger partial charge in [-0.3, -0.25) is 0 Å². The zero-order valence-electron chi connectivity index (χ0n) is 13.0. The van der Waals surface area contributed by atoms with Gasteiger partial charge in [0.2, 0.25) is 0 Å². The van der Waals surface area contributed by atoms with Gasteiger partial charge in [-0.05, 0) is 48.1 Å². The van der Waals surface area contributed by atoms with Crippen LogP contribution in [-0.4, -0.2) is 12.6 Å². The number of benzene rings is 2. The Morgan fingerprint density at radius 2 is 1.75 bits per heavy atom. The van der Waals surface area contributed by atoms with Crippen LogP contribution in [0.25, 0.3) is 10.8 Å². The van der Waals surface area contributed by atoms with Crippen LogP contribution < -0.4 is 5.32 Å². The standard InChI is InChI=1S/C19H27N/c1-4-11-20-19(12-15(2)3)14-16-9-10-17-7-5-6-8-18(17)13-16/h5-10,13,15,19-20H,4,11-12,14H2,1-3H3. The van der Waals surface area contributed by atoms with Crippen molar-refractivity contribution in [2.24, 2.45) is 5.92 Å². The summed E-state index contributed by atoms with van der Waals surface area (Å²) >= 11 is 0. The van der Waals surface area contributed by atoms with E-state index < -0.39 is 0 Å². The van der Waals surface area contributed by atoms with Crippen LogP contribution in [0.2, 0.25) is 0 Å². The fraction of sp³-hybridized carbons (Fsp3) is 0.474. The summed E-state index contributed by atoms with van der Waals surface area (Å²) in [6, 6.07) is 16.1. The van der Waals surface area contributed by atoms with Gasteiger partial charge in [-0.15, -0.1) is 0 Å². The zero-order valence-corrected chi connectivity index (χ0v) is 13.0. The Hall–Kier alpha value is -1.34. The zero-order chi connectivity index (χ0) is 14.4. The second kappa shape index (κ2) is 7.44. The molecular weight excluding hydrogens is 242 g/mol. The van der Waals surface area contributed by atoms with Crippen LogP contribution in [0.4, 0.5) is 0 Å². The molecule has 2 aromatic carbocycles. The summed E-state index contributed by atoms with van der Waals surface area (Å²) in [5.41, 5.74) is 1.44. The van der Waals surface area contributed by atoms with Crippen LogP contribution >= 0.6 is 0 Å². The SMILES string of the molecule is CCCNC(Cc1ccc2ccccc2c1)CC(C)C. The van der Waals surface area contributed by atoms with Crippen molar-refractivity contribution >= 4 is 10.8 Å². The lowest BCUT2D eigenvalue weighted by molar-refractivity contribution is 0.416. The van der Waals surface area contributed by atoms with E-state index in [0.717, 1.165) is 18.9 Å². The lowest BCUT2D eigenvalue weighted by Crippen LogP contribution is -2.33. The maximum absolute atomic E-state index is 3.70. The largest absolute Gasteiger partial charge is 0.314 e. The summed E-state index contributed by atoms with van der Waals surface area (Å²) in [6.45, 7) is 7.96. The van der Waals surface area contributed by atoms with Gasteiger partial charge >= 0.3 is 0 Å². The third-order valence-corrected chi connectivity index (χ3v) is 3.73.